The van der Waals surface area contributed by atoms with E-state index < -0.39 is 0 Å². The van der Waals surface area contributed by atoms with Gasteiger partial charge in [-0.2, -0.15) is 0 Å². The minimum absolute atomic E-state index is 0.152. The second kappa shape index (κ2) is 8.12. The summed E-state index contributed by atoms with van der Waals surface area (Å²) in [6, 6.07) is 8.09. The van der Waals surface area contributed by atoms with E-state index in [9.17, 15) is 4.79 Å². The number of ether oxygens (including phenoxy) is 1. The molecule has 1 saturated heterocycles. The van der Waals surface area contributed by atoms with E-state index in [0.29, 0.717) is 12.3 Å². The smallest absolute Gasteiger partial charge is 0.238 e. The van der Waals surface area contributed by atoms with Crippen LogP contribution in [0.2, 0.25) is 0 Å². The SMILES string of the molecule is COCC1CCN(Cc2ccccc2CC(=O)NN)CC1. The van der Waals surface area contributed by atoms with Gasteiger partial charge < -0.3 is 4.74 Å². The van der Waals surface area contributed by atoms with Crippen molar-refractivity contribution < 1.29 is 9.53 Å². The molecule has 0 bridgehead atoms. The van der Waals surface area contributed by atoms with Gasteiger partial charge in [-0.3, -0.25) is 15.1 Å². The number of hydrogen-bond donors (Lipinski definition) is 2. The van der Waals surface area contributed by atoms with Crippen LogP contribution >= 0.6 is 0 Å². The largest absolute Gasteiger partial charge is 0.384 e. The number of rotatable bonds is 6. The number of hydrazine groups is 1. The number of carbonyl (C=O) groups excluding carboxylic acids is 1. The average Bonchev–Trinajstić information content (AvgIpc) is 2.51. The lowest BCUT2D eigenvalue weighted by molar-refractivity contribution is -0.120. The van der Waals surface area contributed by atoms with Gasteiger partial charge in [0, 0.05) is 20.3 Å². The van der Waals surface area contributed by atoms with Crippen LogP contribution in [0.3, 0.4) is 0 Å². The van der Waals surface area contributed by atoms with Gasteiger partial charge in [-0.25, -0.2) is 5.84 Å². The molecule has 5 heteroatoms. The molecule has 1 aliphatic heterocycles. The number of nitrogens with zero attached hydrogens (tertiary/aromatic N) is 1. The van der Waals surface area contributed by atoms with Crippen molar-refractivity contribution in [3.05, 3.63) is 35.4 Å². The predicted octanol–water partition coefficient (Wildman–Crippen LogP) is 1.08. The van der Waals surface area contributed by atoms with Gasteiger partial charge >= 0.3 is 0 Å². The summed E-state index contributed by atoms with van der Waals surface area (Å²) in [5.74, 6) is 5.71. The number of likely N-dealkylation sites (tertiary alicyclic amines) is 1. The Hall–Kier alpha value is -1.43. The summed E-state index contributed by atoms with van der Waals surface area (Å²) in [5, 5.41) is 0. The van der Waals surface area contributed by atoms with Crippen molar-refractivity contribution >= 4 is 5.91 Å². The lowest BCUT2D eigenvalue weighted by atomic mass is 9.96. The molecule has 0 unspecified atom stereocenters. The van der Waals surface area contributed by atoms with Crippen molar-refractivity contribution in [3.8, 4) is 0 Å². The van der Waals surface area contributed by atoms with E-state index in [1.54, 1.807) is 7.11 Å². The van der Waals surface area contributed by atoms with E-state index in [-0.39, 0.29) is 5.91 Å². The molecule has 1 amide bonds. The summed E-state index contributed by atoms with van der Waals surface area (Å²) in [5.41, 5.74) is 4.47. The first-order valence-electron chi connectivity index (χ1n) is 7.50. The summed E-state index contributed by atoms with van der Waals surface area (Å²) in [4.78, 5) is 13.9. The van der Waals surface area contributed by atoms with Gasteiger partial charge in [0.15, 0.2) is 0 Å². The Morgan fingerprint density at radius 1 is 1.33 bits per heavy atom. The molecule has 0 radical (unpaired) electrons. The number of nitrogens with two attached hydrogens (primary N) is 1. The van der Waals surface area contributed by atoms with E-state index in [2.05, 4.69) is 16.4 Å². The van der Waals surface area contributed by atoms with Crippen LogP contribution in [0.4, 0.5) is 0 Å². The molecule has 5 nitrogen and oxygen atoms in total. The number of benzene rings is 1. The highest BCUT2D eigenvalue weighted by molar-refractivity contribution is 5.78. The topological polar surface area (TPSA) is 67.6 Å². The maximum Gasteiger partial charge on any atom is 0.238 e. The molecule has 1 fully saturated rings. The summed E-state index contributed by atoms with van der Waals surface area (Å²) in [7, 11) is 1.77. The van der Waals surface area contributed by atoms with Crippen LogP contribution in [0.25, 0.3) is 0 Å². The standard InChI is InChI=1S/C16H25N3O2/c1-21-12-13-6-8-19(9-7-13)11-15-5-3-2-4-14(15)10-16(20)18-17/h2-5,13H,6-12,17H2,1H3,(H,18,20). The molecule has 21 heavy (non-hydrogen) atoms. The predicted molar refractivity (Wildman–Crippen MR) is 82.4 cm³/mol. The molecule has 1 aromatic carbocycles. The summed E-state index contributed by atoms with van der Waals surface area (Å²) in [6.07, 6.45) is 2.70. The molecule has 0 saturated carbocycles. The van der Waals surface area contributed by atoms with Gasteiger partial charge in [-0.05, 0) is 43.0 Å². The Morgan fingerprint density at radius 3 is 2.62 bits per heavy atom. The first kappa shape index (κ1) is 15.9. The minimum atomic E-state index is -0.152. The monoisotopic (exact) mass is 291 g/mol. The summed E-state index contributed by atoms with van der Waals surface area (Å²) < 4.78 is 5.24. The average molecular weight is 291 g/mol. The van der Waals surface area contributed by atoms with Crippen molar-refractivity contribution in [1.82, 2.24) is 10.3 Å². The number of piperidine rings is 1. The molecular formula is C16H25N3O2. The van der Waals surface area contributed by atoms with Crippen molar-refractivity contribution in [2.45, 2.75) is 25.8 Å². The zero-order valence-electron chi connectivity index (χ0n) is 12.7. The maximum atomic E-state index is 11.5. The highest BCUT2D eigenvalue weighted by Crippen LogP contribution is 2.20. The van der Waals surface area contributed by atoms with Crippen molar-refractivity contribution in [3.63, 3.8) is 0 Å². The van der Waals surface area contributed by atoms with Gasteiger partial charge in [0.25, 0.3) is 0 Å². The highest BCUT2D eigenvalue weighted by atomic mass is 16.5. The fourth-order valence-electron chi connectivity index (χ4n) is 2.90. The van der Waals surface area contributed by atoms with Gasteiger partial charge in [-0.15, -0.1) is 0 Å². The molecule has 0 aliphatic carbocycles. The van der Waals surface area contributed by atoms with Gasteiger partial charge in [0.05, 0.1) is 6.42 Å². The highest BCUT2D eigenvalue weighted by Gasteiger charge is 2.19. The van der Waals surface area contributed by atoms with Gasteiger partial charge in [-0.1, -0.05) is 24.3 Å². The molecule has 2 rings (SSSR count). The number of amides is 1. The Labute approximate surface area is 126 Å². The molecule has 0 aromatic heterocycles. The number of methoxy groups -OCH3 is 1. The van der Waals surface area contributed by atoms with E-state index in [1.807, 2.05) is 18.2 Å². The van der Waals surface area contributed by atoms with Crippen LogP contribution in [0.1, 0.15) is 24.0 Å². The van der Waals surface area contributed by atoms with Crippen LogP contribution in [-0.2, 0) is 22.5 Å². The third kappa shape index (κ3) is 4.81. The Balaban J connectivity index is 1.92. The fourth-order valence-corrected chi connectivity index (χ4v) is 2.90. The van der Waals surface area contributed by atoms with Gasteiger partial charge in [0.1, 0.15) is 0 Å². The van der Waals surface area contributed by atoms with E-state index in [0.717, 1.165) is 31.8 Å². The maximum absolute atomic E-state index is 11.5. The fraction of sp³-hybridized carbons (Fsp3) is 0.562. The molecular weight excluding hydrogens is 266 g/mol. The number of carbonyl (C=O) groups is 1. The third-order valence-corrected chi connectivity index (χ3v) is 4.13. The molecule has 0 spiro atoms. The van der Waals surface area contributed by atoms with Crippen molar-refractivity contribution in [2.75, 3.05) is 26.8 Å². The number of nitrogens with one attached hydrogen (secondary N) is 1. The van der Waals surface area contributed by atoms with E-state index in [1.165, 1.54) is 18.4 Å². The lowest BCUT2D eigenvalue weighted by Gasteiger charge is -2.32. The first-order valence-corrected chi connectivity index (χ1v) is 7.50. The summed E-state index contributed by atoms with van der Waals surface area (Å²) >= 11 is 0. The Morgan fingerprint density at radius 2 is 2.00 bits per heavy atom. The molecule has 1 heterocycles. The minimum Gasteiger partial charge on any atom is -0.384 e. The zero-order chi connectivity index (χ0) is 15.1. The van der Waals surface area contributed by atoms with Crippen LogP contribution in [0.15, 0.2) is 24.3 Å². The van der Waals surface area contributed by atoms with Crippen molar-refractivity contribution in [2.24, 2.45) is 11.8 Å². The Bertz CT molecular complexity index is 457. The molecule has 3 N–H and O–H groups in total. The first-order chi connectivity index (χ1) is 10.2. The second-order valence-electron chi connectivity index (χ2n) is 5.69. The third-order valence-electron chi connectivity index (χ3n) is 4.13. The van der Waals surface area contributed by atoms with Gasteiger partial charge in [0.2, 0.25) is 5.91 Å². The van der Waals surface area contributed by atoms with Crippen LogP contribution in [-0.4, -0.2) is 37.6 Å². The van der Waals surface area contributed by atoms with Crippen LogP contribution in [0, 0.1) is 5.92 Å². The molecule has 116 valence electrons. The van der Waals surface area contributed by atoms with Crippen molar-refractivity contribution in [1.29, 1.82) is 0 Å². The Kier molecular flexibility index (Phi) is 6.17. The van der Waals surface area contributed by atoms with E-state index in [4.69, 9.17) is 10.6 Å². The quantitative estimate of drug-likeness (QED) is 0.467. The zero-order valence-corrected chi connectivity index (χ0v) is 12.7. The molecule has 0 atom stereocenters. The normalized spacial score (nSPS) is 16.9. The molecule has 1 aromatic rings. The number of hydrogen-bond acceptors (Lipinski definition) is 4. The second-order valence-corrected chi connectivity index (χ2v) is 5.69. The summed E-state index contributed by atoms with van der Waals surface area (Å²) in [6.45, 7) is 3.94. The van der Waals surface area contributed by atoms with Crippen LogP contribution in [0.5, 0.6) is 0 Å². The van der Waals surface area contributed by atoms with Crippen LogP contribution < -0.4 is 11.3 Å². The lowest BCUT2D eigenvalue weighted by Crippen LogP contribution is -2.35. The van der Waals surface area contributed by atoms with E-state index >= 15 is 0 Å². The molecule has 1 aliphatic rings.